The molecule has 6 nitrogen and oxygen atoms in total. The van der Waals surface area contributed by atoms with E-state index in [0.717, 1.165) is 17.4 Å². The van der Waals surface area contributed by atoms with Crippen LogP contribution in [0.15, 0.2) is 24.3 Å². The van der Waals surface area contributed by atoms with Crippen molar-refractivity contribution in [2.24, 2.45) is 0 Å². The molecule has 0 bridgehead atoms. The van der Waals surface area contributed by atoms with Gasteiger partial charge in [0.05, 0.1) is 11.4 Å². The quantitative estimate of drug-likeness (QED) is 0.496. The van der Waals surface area contributed by atoms with Crippen LogP contribution >= 0.6 is 0 Å². The van der Waals surface area contributed by atoms with Crippen molar-refractivity contribution in [3.8, 4) is 0 Å². The van der Waals surface area contributed by atoms with E-state index in [1.165, 1.54) is 0 Å². The Morgan fingerprint density at radius 2 is 1.41 bits per heavy atom. The van der Waals surface area contributed by atoms with Crippen molar-refractivity contribution in [1.29, 1.82) is 0 Å². The summed E-state index contributed by atoms with van der Waals surface area (Å²) in [5.41, 5.74) is -2.26. The van der Waals surface area contributed by atoms with Gasteiger partial charge in [-0.1, -0.05) is 12.1 Å². The first-order valence-corrected chi connectivity index (χ1v) is 6.62. The molecule has 0 radical (unpaired) electrons. The van der Waals surface area contributed by atoms with Gasteiger partial charge >= 0.3 is 30.2 Å². The zero-order valence-electron chi connectivity index (χ0n) is 13.1. The summed E-state index contributed by atoms with van der Waals surface area (Å²) < 4.78 is 142. The molecule has 0 heterocycles. The van der Waals surface area contributed by atoms with E-state index < -0.39 is 52.7 Å². The molecule has 0 fully saturated rings. The Morgan fingerprint density at radius 1 is 0.931 bits per heavy atom. The van der Waals surface area contributed by atoms with E-state index in [4.69, 9.17) is 5.21 Å². The number of para-hydroxylation sites is 2. The predicted octanol–water partition coefficient (Wildman–Crippen LogP) is 4.35. The summed E-state index contributed by atoms with van der Waals surface area (Å²) in [4.78, 5) is 11.5. The van der Waals surface area contributed by atoms with Crippen molar-refractivity contribution < 1.29 is 63.0 Å². The van der Waals surface area contributed by atoms with Gasteiger partial charge in [0.2, 0.25) is 0 Å². The lowest BCUT2D eigenvalue weighted by molar-refractivity contribution is -0.472. The van der Waals surface area contributed by atoms with Gasteiger partial charge in [0.15, 0.2) is 0 Å². The number of amides is 1. The third-order valence-corrected chi connectivity index (χ3v) is 3.01. The fourth-order valence-corrected chi connectivity index (χ4v) is 1.59. The summed E-state index contributed by atoms with van der Waals surface area (Å²) in [6.45, 7) is 0. The lowest BCUT2D eigenvalue weighted by Gasteiger charge is -2.34. The highest BCUT2D eigenvalue weighted by Gasteiger charge is 2.79. The highest BCUT2D eigenvalue weighted by molar-refractivity contribution is 5.99. The number of nitrogens with zero attached hydrogens (tertiary/aromatic N) is 1. The normalized spacial score (nSPS) is 15.6. The first-order valence-electron chi connectivity index (χ1n) is 6.62. The third-order valence-electron chi connectivity index (χ3n) is 3.01. The number of rotatable bonds is 6. The summed E-state index contributed by atoms with van der Waals surface area (Å²) in [5.74, 6) is -17.1. The minimum atomic E-state index is -7.34. The lowest BCUT2D eigenvalue weighted by atomic mass is 10.2. The van der Waals surface area contributed by atoms with Crippen molar-refractivity contribution in [2.45, 2.75) is 30.2 Å². The highest BCUT2D eigenvalue weighted by Crippen LogP contribution is 2.51. The zero-order chi connectivity index (χ0) is 23.1. The largest absolute Gasteiger partial charge is 0.733 e. The average molecular weight is 451 g/mol. The number of halogens is 11. The summed E-state index contributed by atoms with van der Waals surface area (Å²) in [6.07, 6.45) is -21.3. The molecule has 0 unspecified atom stereocenters. The molecule has 0 aliphatic carbocycles. The van der Waals surface area contributed by atoms with E-state index >= 15 is 0 Å². The van der Waals surface area contributed by atoms with Crippen molar-refractivity contribution >= 4 is 17.3 Å². The maximum absolute atomic E-state index is 14.0. The fourth-order valence-electron chi connectivity index (χ4n) is 1.59. The van der Waals surface area contributed by atoms with Crippen molar-refractivity contribution in [3.63, 3.8) is 0 Å². The number of carbonyl (C=O) groups is 1. The fraction of sp³-hybridized carbons (Fsp3) is 0.417. The summed E-state index contributed by atoms with van der Waals surface area (Å²) in [6, 6.07) is 2.95. The van der Waals surface area contributed by atoms with Crippen LogP contribution in [0.5, 0.6) is 0 Å². The number of alkyl halides is 11. The van der Waals surface area contributed by atoms with Gasteiger partial charge in [0, 0.05) is 0 Å². The van der Waals surface area contributed by atoms with Crippen LogP contribution in [0.4, 0.5) is 59.7 Å². The van der Waals surface area contributed by atoms with Gasteiger partial charge in [0.25, 0.3) is 5.91 Å². The Labute approximate surface area is 152 Å². The minimum Gasteiger partial charge on any atom is -0.733 e. The number of carbonyl (C=O) groups excluding carboxylic acids is 1. The van der Waals surface area contributed by atoms with Crippen LogP contribution in [0.25, 0.3) is 0 Å². The summed E-state index contributed by atoms with van der Waals surface area (Å²) in [5, 5.41) is 19.3. The SMILES string of the molecule is O=C(Nc1ccccc1N([O-])O)[C@@](F)(OC(F)(F)C(F)(F)C(F)(F)F)C(F)(F)F. The standard InChI is InChI=1S/C12H6F11N2O4/c13-8(10(16,17)18,29-12(22,23)9(14,15)11(19,20)21)7(26)24-5-3-1-2-4-6(5)25(27)28/h1-4,27H,(H,24,26)/q-1/t8-/m1/s1. The smallest absolute Gasteiger partial charge is 0.462 e. The van der Waals surface area contributed by atoms with Crippen LogP contribution in [0.3, 0.4) is 0 Å². The van der Waals surface area contributed by atoms with E-state index in [1.54, 1.807) is 0 Å². The van der Waals surface area contributed by atoms with E-state index in [1.807, 2.05) is 0 Å². The van der Waals surface area contributed by atoms with E-state index in [9.17, 15) is 58.3 Å². The molecule has 17 heteroatoms. The second kappa shape index (κ2) is 7.45. The third kappa shape index (κ3) is 4.61. The number of benzene rings is 1. The molecule has 1 aromatic rings. The molecule has 0 saturated carbocycles. The van der Waals surface area contributed by atoms with Crippen molar-refractivity contribution in [3.05, 3.63) is 29.5 Å². The maximum Gasteiger partial charge on any atom is 0.462 e. The van der Waals surface area contributed by atoms with Crippen LogP contribution in [0, 0.1) is 5.21 Å². The van der Waals surface area contributed by atoms with E-state index in [0.29, 0.717) is 12.1 Å². The Bertz CT molecular complexity index is 750. The number of ether oxygens (including phenoxy) is 1. The molecule has 1 amide bonds. The Kier molecular flexibility index (Phi) is 6.33. The molecule has 29 heavy (non-hydrogen) atoms. The first-order chi connectivity index (χ1) is 12.8. The monoisotopic (exact) mass is 451 g/mol. The van der Waals surface area contributed by atoms with Gasteiger partial charge in [0.1, 0.15) is 0 Å². The van der Waals surface area contributed by atoms with Gasteiger partial charge < -0.3 is 15.8 Å². The number of hydrogen-bond donors (Lipinski definition) is 2. The second-order valence-electron chi connectivity index (χ2n) is 5.03. The van der Waals surface area contributed by atoms with Gasteiger partial charge in [-0.3, -0.25) is 14.7 Å². The molecule has 166 valence electrons. The molecule has 0 spiro atoms. The molecular formula is C12H6F11N2O4-. The number of anilines is 2. The average Bonchev–Trinajstić information content (AvgIpc) is 2.52. The molecule has 2 N–H and O–H groups in total. The summed E-state index contributed by atoms with van der Waals surface area (Å²) in [7, 11) is 0. The number of hydrogen-bond acceptors (Lipinski definition) is 5. The number of nitrogens with one attached hydrogen (secondary N) is 1. The van der Waals surface area contributed by atoms with Crippen molar-refractivity contribution in [1.82, 2.24) is 0 Å². The van der Waals surface area contributed by atoms with Crippen LogP contribution in [-0.4, -0.2) is 41.4 Å². The molecule has 0 saturated heterocycles. The molecule has 1 aromatic carbocycles. The highest BCUT2D eigenvalue weighted by atomic mass is 19.4. The van der Waals surface area contributed by atoms with Crippen LogP contribution in [-0.2, 0) is 9.53 Å². The van der Waals surface area contributed by atoms with Crippen LogP contribution in [0.2, 0.25) is 0 Å². The zero-order valence-corrected chi connectivity index (χ0v) is 13.1. The van der Waals surface area contributed by atoms with Gasteiger partial charge in [-0.15, -0.1) is 0 Å². The van der Waals surface area contributed by atoms with Gasteiger partial charge in [-0.2, -0.15) is 48.3 Å². The molecule has 0 aliphatic heterocycles. The lowest BCUT2D eigenvalue weighted by Crippen LogP contribution is -2.62. The van der Waals surface area contributed by atoms with Gasteiger partial charge in [-0.05, 0) is 12.1 Å². The van der Waals surface area contributed by atoms with Crippen molar-refractivity contribution in [2.75, 3.05) is 10.5 Å². The molecular weight excluding hydrogens is 445 g/mol. The Balaban J connectivity index is 3.38. The second-order valence-corrected chi connectivity index (χ2v) is 5.03. The molecule has 1 atom stereocenters. The topological polar surface area (TPSA) is 84.9 Å². The predicted molar refractivity (Wildman–Crippen MR) is 69.6 cm³/mol. The van der Waals surface area contributed by atoms with E-state index in [-0.39, 0.29) is 0 Å². The molecule has 0 aromatic heterocycles. The first kappa shape index (κ1) is 24.6. The molecule has 0 aliphatic rings. The minimum absolute atomic E-state index is 0.521. The van der Waals surface area contributed by atoms with Gasteiger partial charge in [-0.25, -0.2) is 0 Å². The van der Waals surface area contributed by atoms with Crippen LogP contribution in [0.1, 0.15) is 0 Å². The Morgan fingerprint density at radius 3 is 1.83 bits per heavy atom. The van der Waals surface area contributed by atoms with E-state index in [2.05, 4.69) is 4.74 Å². The summed E-state index contributed by atoms with van der Waals surface area (Å²) >= 11 is 0. The van der Waals surface area contributed by atoms with Crippen LogP contribution < -0.4 is 10.5 Å². The Hall–Kier alpha value is -2.40. The molecule has 1 rings (SSSR count). The maximum atomic E-state index is 14.0.